The fourth-order valence-corrected chi connectivity index (χ4v) is 7.41. The number of unbranched alkanes of at least 4 members (excludes halogenated alkanes) is 1. The number of halogens is 2. The van der Waals surface area contributed by atoms with Crippen LogP contribution in [0.1, 0.15) is 114 Å². The third-order valence-corrected chi connectivity index (χ3v) is 9.54. The highest BCUT2D eigenvalue weighted by molar-refractivity contribution is 5.67. The molecule has 0 aliphatic heterocycles. The standard InChI is InChI=1S/C32H46F2/c1-3-5-6-8-23-9-11-24(12-10-23)25-13-15-26(16-14-25)27-17-19-28(20-18-27)30-22-21-29(7-4-2)31(33)32(30)34/h3,19,21-27H,1,4-18,20H2,2H3. The molecule has 0 heterocycles. The number of hydrogen-bond acceptors (Lipinski definition) is 0. The first kappa shape index (κ1) is 25.6. The molecule has 0 aromatic heterocycles. The molecule has 0 N–H and O–H groups in total. The van der Waals surface area contributed by atoms with Crippen LogP contribution in [0.3, 0.4) is 0 Å². The van der Waals surface area contributed by atoms with Crippen LogP contribution in [0.4, 0.5) is 8.78 Å². The summed E-state index contributed by atoms with van der Waals surface area (Å²) in [4.78, 5) is 0. The maximum atomic E-state index is 14.7. The van der Waals surface area contributed by atoms with E-state index in [9.17, 15) is 8.78 Å². The molecule has 2 fully saturated rings. The summed E-state index contributed by atoms with van der Waals surface area (Å²) in [6.45, 7) is 5.86. The number of aryl methyl sites for hydroxylation is 1. The van der Waals surface area contributed by atoms with Gasteiger partial charge in [0.05, 0.1) is 0 Å². The topological polar surface area (TPSA) is 0 Å². The Morgan fingerprint density at radius 1 is 0.853 bits per heavy atom. The summed E-state index contributed by atoms with van der Waals surface area (Å²) in [7, 11) is 0. The fourth-order valence-electron chi connectivity index (χ4n) is 7.41. The SMILES string of the molecule is C=CCCCC1CCC(C2CCC(C3CC=C(c4ccc(CCC)c(F)c4F)CC3)CC2)CC1. The zero-order valence-corrected chi connectivity index (χ0v) is 21.5. The van der Waals surface area contributed by atoms with Gasteiger partial charge >= 0.3 is 0 Å². The molecule has 1 aromatic rings. The highest BCUT2D eigenvalue weighted by atomic mass is 19.2. The number of allylic oxidation sites excluding steroid dienone is 3. The smallest absolute Gasteiger partial charge is 0.166 e. The van der Waals surface area contributed by atoms with E-state index in [0.717, 1.165) is 60.8 Å². The van der Waals surface area contributed by atoms with Crippen LogP contribution in [0, 0.1) is 41.2 Å². The highest BCUT2D eigenvalue weighted by Gasteiger charge is 2.34. The van der Waals surface area contributed by atoms with Gasteiger partial charge in [-0.3, -0.25) is 0 Å². The average Bonchev–Trinajstić information content (AvgIpc) is 2.88. The molecule has 0 spiro atoms. The van der Waals surface area contributed by atoms with Crippen LogP contribution < -0.4 is 0 Å². The van der Waals surface area contributed by atoms with Crippen molar-refractivity contribution < 1.29 is 8.78 Å². The van der Waals surface area contributed by atoms with Crippen LogP contribution in [0.2, 0.25) is 0 Å². The van der Waals surface area contributed by atoms with Gasteiger partial charge in [-0.15, -0.1) is 6.58 Å². The number of rotatable bonds is 9. The van der Waals surface area contributed by atoms with Crippen LogP contribution in [0.25, 0.3) is 5.57 Å². The van der Waals surface area contributed by atoms with Gasteiger partial charge in [0.2, 0.25) is 0 Å². The monoisotopic (exact) mass is 468 g/mol. The Kier molecular flexibility index (Phi) is 9.43. The van der Waals surface area contributed by atoms with Crippen molar-refractivity contribution in [3.63, 3.8) is 0 Å². The van der Waals surface area contributed by atoms with E-state index in [-0.39, 0.29) is 0 Å². The predicted molar refractivity (Wildman–Crippen MR) is 141 cm³/mol. The van der Waals surface area contributed by atoms with Gasteiger partial charge in [-0.2, -0.15) is 0 Å². The first-order valence-electron chi connectivity index (χ1n) is 14.4. The van der Waals surface area contributed by atoms with Crippen LogP contribution in [0.15, 0.2) is 30.9 Å². The Balaban J connectivity index is 1.24. The third kappa shape index (κ3) is 6.21. The van der Waals surface area contributed by atoms with Gasteiger partial charge in [-0.1, -0.05) is 56.9 Å². The second-order valence-electron chi connectivity index (χ2n) is 11.6. The van der Waals surface area contributed by atoms with Crippen LogP contribution in [0.5, 0.6) is 0 Å². The van der Waals surface area contributed by atoms with Crippen LogP contribution in [-0.4, -0.2) is 0 Å². The average molecular weight is 469 g/mol. The fraction of sp³-hybridized carbons (Fsp3) is 0.688. The summed E-state index contributed by atoms with van der Waals surface area (Å²) in [5, 5.41) is 0. The zero-order chi connectivity index (χ0) is 23.9. The van der Waals surface area contributed by atoms with Crippen molar-refractivity contribution >= 4 is 5.57 Å². The first-order valence-corrected chi connectivity index (χ1v) is 14.4. The van der Waals surface area contributed by atoms with Crippen molar-refractivity contribution in [3.05, 3.63) is 53.6 Å². The first-order chi connectivity index (χ1) is 16.6. The maximum Gasteiger partial charge on any atom is 0.166 e. The number of hydrogen-bond donors (Lipinski definition) is 0. The lowest BCUT2D eigenvalue weighted by atomic mass is 9.65. The molecular weight excluding hydrogens is 422 g/mol. The van der Waals surface area contributed by atoms with Gasteiger partial charge < -0.3 is 0 Å². The Hall–Kier alpha value is -1.44. The van der Waals surface area contributed by atoms with E-state index in [4.69, 9.17) is 0 Å². The van der Waals surface area contributed by atoms with E-state index in [2.05, 4.69) is 18.7 Å². The van der Waals surface area contributed by atoms with Crippen LogP contribution >= 0.6 is 0 Å². The molecule has 3 aliphatic rings. The normalized spacial score (nSPS) is 30.1. The summed E-state index contributed by atoms with van der Waals surface area (Å²) in [5.74, 6) is 3.20. The second-order valence-corrected chi connectivity index (χ2v) is 11.6. The Morgan fingerprint density at radius 2 is 1.50 bits per heavy atom. The van der Waals surface area contributed by atoms with E-state index in [1.54, 1.807) is 6.07 Å². The van der Waals surface area contributed by atoms with Gasteiger partial charge in [0.15, 0.2) is 11.6 Å². The second kappa shape index (κ2) is 12.5. The van der Waals surface area contributed by atoms with Crippen molar-refractivity contribution in [2.45, 2.75) is 110 Å². The number of benzene rings is 1. The molecule has 0 radical (unpaired) electrons. The summed E-state index contributed by atoms with van der Waals surface area (Å²) in [6, 6.07) is 3.61. The minimum Gasteiger partial charge on any atom is -0.203 e. The summed E-state index contributed by atoms with van der Waals surface area (Å²) in [5.41, 5.74) is 2.03. The molecule has 188 valence electrons. The van der Waals surface area contributed by atoms with E-state index >= 15 is 0 Å². The Labute approximate surface area is 207 Å². The van der Waals surface area contributed by atoms with E-state index < -0.39 is 11.6 Å². The molecular formula is C32H46F2. The van der Waals surface area contributed by atoms with E-state index in [1.807, 2.05) is 13.0 Å². The molecule has 0 saturated heterocycles. The van der Waals surface area contributed by atoms with Gasteiger partial charge in [0.25, 0.3) is 0 Å². The molecule has 1 atom stereocenters. The molecule has 34 heavy (non-hydrogen) atoms. The van der Waals surface area contributed by atoms with Crippen molar-refractivity contribution in [2.24, 2.45) is 29.6 Å². The lowest BCUT2D eigenvalue weighted by Crippen LogP contribution is -2.28. The predicted octanol–water partition coefficient (Wildman–Crippen LogP) is 10.1. The summed E-state index contributed by atoms with van der Waals surface area (Å²) in [6.07, 6.45) is 24.1. The van der Waals surface area contributed by atoms with Crippen LogP contribution in [-0.2, 0) is 6.42 Å². The Morgan fingerprint density at radius 3 is 2.09 bits per heavy atom. The van der Waals surface area contributed by atoms with Gasteiger partial charge in [-0.25, -0.2) is 8.78 Å². The summed E-state index contributed by atoms with van der Waals surface area (Å²) >= 11 is 0. The highest BCUT2D eigenvalue weighted by Crippen LogP contribution is 2.46. The quantitative estimate of drug-likeness (QED) is 0.250. The van der Waals surface area contributed by atoms with Crippen molar-refractivity contribution in [2.75, 3.05) is 0 Å². The minimum absolute atomic E-state index is 0.500. The molecule has 4 rings (SSSR count). The van der Waals surface area contributed by atoms with Crippen molar-refractivity contribution in [1.82, 2.24) is 0 Å². The van der Waals surface area contributed by atoms with Gasteiger partial charge in [0, 0.05) is 5.56 Å². The van der Waals surface area contributed by atoms with Crippen molar-refractivity contribution in [1.29, 1.82) is 0 Å². The van der Waals surface area contributed by atoms with E-state index in [1.165, 1.54) is 70.6 Å². The molecule has 1 unspecified atom stereocenters. The minimum atomic E-state index is -0.633. The molecule has 2 saturated carbocycles. The maximum absolute atomic E-state index is 14.7. The van der Waals surface area contributed by atoms with E-state index in [0.29, 0.717) is 17.5 Å². The largest absolute Gasteiger partial charge is 0.203 e. The van der Waals surface area contributed by atoms with Gasteiger partial charge in [0.1, 0.15) is 0 Å². The molecule has 0 nitrogen and oxygen atoms in total. The Bertz CT molecular complexity index is 822. The van der Waals surface area contributed by atoms with Gasteiger partial charge in [-0.05, 0) is 118 Å². The lowest BCUT2D eigenvalue weighted by Gasteiger charge is -2.40. The molecule has 0 amide bonds. The third-order valence-electron chi connectivity index (χ3n) is 9.54. The molecule has 1 aromatic carbocycles. The molecule has 0 bridgehead atoms. The summed E-state index contributed by atoms with van der Waals surface area (Å²) < 4.78 is 29.2. The zero-order valence-electron chi connectivity index (χ0n) is 21.5. The van der Waals surface area contributed by atoms with Crippen molar-refractivity contribution in [3.8, 4) is 0 Å². The molecule has 3 aliphatic carbocycles. The lowest BCUT2D eigenvalue weighted by molar-refractivity contribution is 0.120. The molecule has 2 heteroatoms.